The Morgan fingerprint density at radius 1 is 1.14 bits per heavy atom. The van der Waals surface area contributed by atoms with Gasteiger partial charge in [-0.3, -0.25) is 4.79 Å². The van der Waals surface area contributed by atoms with Crippen molar-refractivity contribution in [3.8, 4) is 0 Å². The summed E-state index contributed by atoms with van der Waals surface area (Å²) in [6.45, 7) is 0.0454. The number of amides is 1. The highest BCUT2D eigenvalue weighted by Gasteiger charge is 2.14. The van der Waals surface area contributed by atoms with Crippen LogP contribution in [0.5, 0.6) is 0 Å². The van der Waals surface area contributed by atoms with E-state index < -0.39 is 21.7 Å². The van der Waals surface area contributed by atoms with E-state index in [4.69, 9.17) is 4.42 Å². The lowest BCUT2D eigenvalue weighted by molar-refractivity contribution is -0.111. The minimum atomic E-state index is -3.69. The number of benzene rings is 2. The summed E-state index contributed by atoms with van der Waals surface area (Å²) in [5.41, 5.74) is 0.674. The van der Waals surface area contributed by atoms with E-state index in [9.17, 15) is 17.6 Å². The van der Waals surface area contributed by atoms with E-state index in [-0.39, 0.29) is 17.1 Å². The van der Waals surface area contributed by atoms with Crippen LogP contribution in [0.3, 0.4) is 0 Å². The van der Waals surface area contributed by atoms with Gasteiger partial charge in [0.2, 0.25) is 15.9 Å². The summed E-state index contributed by atoms with van der Waals surface area (Å²) in [6, 6.07) is 13.6. The van der Waals surface area contributed by atoms with Crippen LogP contribution in [-0.2, 0) is 21.4 Å². The molecule has 1 aromatic heterocycles. The molecule has 1 heterocycles. The predicted molar refractivity (Wildman–Crippen MR) is 111 cm³/mol. The molecule has 1 amide bonds. The molecule has 0 aliphatic rings. The van der Waals surface area contributed by atoms with Gasteiger partial charge in [-0.15, -0.1) is 0 Å². The van der Waals surface area contributed by atoms with Gasteiger partial charge in [-0.2, -0.15) is 0 Å². The van der Waals surface area contributed by atoms with Crippen molar-refractivity contribution in [3.63, 3.8) is 0 Å². The van der Waals surface area contributed by atoms with Gasteiger partial charge in [0.05, 0.1) is 23.4 Å². The maximum absolute atomic E-state index is 13.7. The number of nitrogens with one attached hydrogen (secondary N) is 2. The van der Waals surface area contributed by atoms with Crippen LogP contribution in [0.25, 0.3) is 6.08 Å². The number of hydrogen-bond acceptors (Lipinski definition) is 4. The largest absolute Gasteiger partial charge is 0.468 e. The first-order valence-electron chi connectivity index (χ1n) is 8.40. The number of sulfonamides is 1. The second kappa shape index (κ2) is 9.17. The summed E-state index contributed by atoms with van der Waals surface area (Å²) >= 11 is 3.14. The Labute approximate surface area is 175 Å². The summed E-state index contributed by atoms with van der Waals surface area (Å²) in [5, 5.41) is 2.44. The van der Waals surface area contributed by atoms with Crippen LogP contribution >= 0.6 is 15.9 Å². The Hall–Kier alpha value is -2.75. The summed E-state index contributed by atoms with van der Waals surface area (Å²) in [7, 11) is -3.69. The van der Waals surface area contributed by atoms with Gasteiger partial charge in [-0.25, -0.2) is 17.5 Å². The van der Waals surface area contributed by atoms with Crippen molar-refractivity contribution in [1.82, 2.24) is 4.72 Å². The summed E-state index contributed by atoms with van der Waals surface area (Å²) in [4.78, 5) is 12.0. The van der Waals surface area contributed by atoms with Gasteiger partial charge in [-0.1, -0.05) is 28.1 Å². The average molecular weight is 479 g/mol. The van der Waals surface area contributed by atoms with Crippen molar-refractivity contribution in [2.24, 2.45) is 0 Å². The Bertz CT molecular complexity index is 1130. The van der Waals surface area contributed by atoms with E-state index in [1.165, 1.54) is 42.7 Å². The fourth-order valence-corrected chi connectivity index (χ4v) is 3.68. The maximum Gasteiger partial charge on any atom is 0.248 e. The van der Waals surface area contributed by atoms with Crippen LogP contribution in [0, 0.1) is 5.82 Å². The Kier molecular flexibility index (Phi) is 6.63. The third-order valence-corrected chi connectivity index (χ3v) is 5.73. The second-order valence-corrected chi connectivity index (χ2v) is 8.60. The number of carbonyl (C=O) groups is 1. The van der Waals surface area contributed by atoms with Crippen molar-refractivity contribution < 1.29 is 22.0 Å². The Morgan fingerprint density at radius 2 is 1.90 bits per heavy atom. The van der Waals surface area contributed by atoms with Crippen LogP contribution in [0.1, 0.15) is 11.3 Å². The van der Waals surface area contributed by atoms with Gasteiger partial charge in [-0.05, 0) is 54.1 Å². The minimum absolute atomic E-state index is 0.0454. The molecule has 150 valence electrons. The molecule has 0 spiro atoms. The summed E-state index contributed by atoms with van der Waals surface area (Å²) in [6.07, 6.45) is 4.20. The molecule has 2 N–H and O–H groups in total. The van der Waals surface area contributed by atoms with Gasteiger partial charge in [0.1, 0.15) is 11.6 Å². The van der Waals surface area contributed by atoms with E-state index >= 15 is 0 Å². The third-order valence-electron chi connectivity index (χ3n) is 3.82. The number of anilines is 1. The molecule has 3 rings (SSSR count). The van der Waals surface area contributed by atoms with Gasteiger partial charge < -0.3 is 9.73 Å². The molecule has 0 bridgehead atoms. The smallest absolute Gasteiger partial charge is 0.248 e. The topological polar surface area (TPSA) is 88.4 Å². The van der Waals surface area contributed by atoms with E-state index in [2.05, 4.69) is 26.0 Å². The molecule has 0 aliphatic carbocycles. The number of carbonyl (C=O) groups excluding carboxylic acids is 1. The van der Waals surface area contributed by atoms with E-state index in [1.54, 1.807) is 30.3 Å². The molecule has 0 unspecified atom stereocenters. The summed E-state index contributed by atoms with van der Waals surface area (Å²) < 4.78 is 46.4. The first kappa shape index (κ1) is 21.0. The number of rotatable bonds is 7. The third kappa shape index (κ3) is 5.86. The molecule has 0 radical (unpaired) electrons. The Morgan fingerprint density at radius 3 is 2.55 bits per heavy atom. The van der Waals surface area contributed by atoms with Crippen LogP contribution in [0.15, 0.2) is 80.7 Å². The Balaban J connectivity index is 1.61. The quantitative estimate of drug-likeness (QED) is 0.495. The first-order chi connectivity index (χ1) is 13.8. The monoisotopic (exact) mass is 478 g/mol. The van der Waals surface area contributed by atoms with Gasteiger partial charge in [0.25, 0.3) is 0 Å². The van der Waals surface area contributed by atoms with Crippen molar-refractivity contribution in [2.45, 2.75) is 11.4 Å². The molecule has 3 aromatic rings. The van der Waals surface area contributed by atoms with E-state index in [1.807, 2.05) is 0 Å². The van der Waals surface area contributed by atoms with E-state index in [0.717, 1.165) is 0 Å². The van der Waals surface area contributed by atoms with Crippen molar-refractivity contribution in [3.05, 3.63) is 88.6 Å². The zero-order valence-electron chi connectivity index (χ0n) is 14.9. The molecule has 6 nitrogen and oxygen atoms in total. The zero-order chi connectivity index (χ0) is 20.9. The van der Waals surface area contributed by atoms with Crippen molar-refractivity contribution in [2.75, 3.05) is 5.32 Å². The lowest BCUT2D eigenvalue weighted by Crippen LogP contribution is -2.22. The first-order valence-corrected chi connectivity index (χ1v) is 10.7. The number of hydrogen-bond donors (Lipinski definition) is 2. The van der Waals surface area contributed by atoms with Crippen LogP contribution in [0.2, 0.25) is 0 Å². The molecule has 0 atom stereocenters. The minimum Gasteiger partial charge on any atom is -0.468 e. The fourth-order valence-electron chi connectivity index (χ4n) is 2.36. The lowest BCUT2D eigenvalue weighted by Gasteiger charge is -2.06. The van der Waals surface area contributed by atoms with Gasteiger partial charge in [0, 0.05) is 10.5 Å². The van der Waals surface area contributed by atoms with Crippen LogP contribution in [0.4, 0.5) is 10.1 Å². The maximum atomic E-state index is 13.7. The number of halogens is 2. The highest BCUT2D eigenvalue weighted by atomic mass is 79.9. The summed E-state index contributed by atoms with van der Waals surface area (Å²) in [5.74, 6) is -0.567. The molecule has 0 fully saturated rings. The van der Waals surface area contributed by atoms with Gasteiger partial charge in [0.15, 0.2) is 0 Å². The molecule has 2 aromatic carbocycles. The standard InChI is InChI=1S/C20H16BrFN2O4S/c21-15-6-9-19(18(22)12-15)24-20(25)10-5-14-3-7-17(8-4-14)29(26,27)23-13-16-2-1-11-28-16/h1-12,23H,13H2,(H,24,25). The van der Waals surface area contributed by atoms with Gasteiger partial charge >= 0.3 is 0 Å². The zero-order valence-corrected chi connectivity index (χ0v) is 17.3. The highest BCUT2D eigenvalue weighted by Crippen LogP contribution is 2.19. The molecule has 9 heteroatoms. The molecule has 29 heavy (non-hydrogen) atoms. The second-order valence-electron chi connectivity index (χ2n) is 5.92. The molecular weight excluding hydrogens is 463 g/mol. The number of furan rings is 1. The SMILES string of the molecule is O=C(C=Cc1ccc(S(=O)(=O)NCc2ccco2)cc1)Nc1ccc(Br)cc1F. The molecular formula is C20H16BrFN2O4S. The predicted octanol–water partition coefficient (Wildman–Crippen LogP) is 4.31. The molecule has 0 saturated carbocycles. The normalized spacial score (nSPS) is 11.7. The van der Waals surface area contributed by atoms with E-state index in [0.29, 0.717) is 15.8 Å². The van der Waals surface area contributed by atoms with Crippen LogP contribution in [-0.4, -0.2) is 14.3 Å². The highest BCUT2D eigenvalue weighted by molar-refractivity contribution is 9.10. The average Bonchev–Trinajstić information content (AvgIpc) is 3.21. The molecule has 0 saturated heterocycles. The molecule has 0 aliphatic heterocycles. The fraction of sp³-hybridized carbons (Fsp3) is 0.0500. The van der Waals surface area contributed by atoms with Crippen molar-refractivity contribution in [1.29, 1.82) is 0 Å². The van der Waals surface area contributed by atoms with Crippen LogP contribution < -0.4 is 10.0 Å². The lowest BCUT2D eigenvalue weighted by atomic mass is 10.2. The van der Waals surface area contributed by atoms with Crippen molar-refractivity contribution >= 4 is 43.6 Å².